The van der Waals surface area contributed by atoms with Gasteiger partial charge in [0.1, 0.15) is 10.0 Å². The molecule has 1 amide bonds. The van der Waals surface area contributed by atoms with E-state index < -0.39 is 9.84 Å². The number of benzene rings is 1. The number of hydrogen-bond donors (Lipinski definition) is 0. The van der Waals surface area contributed by atoms with Gasteiger partial charge in [0.25, 0.3) is 0 Å². The first kappa shape index (κ1) is 22.0. The van der Waals surface area contributed by atoms with Gasteiger partial charge in [-0.1, -0.05) is 26.8 Å². The molecule has 3 aromatic rings. The molecule has 0 aliphatic carbocycles. The summed E-state index contributed by atoms with van der Waals surface area (Å²) in [6, 6.07) is 8.67. The highest BCUT2D eigenvalue weighted by atomic mass is 32.2. The summed E-state index contributed by atoms with van der Waals surface area (Å²) in [6.07, 6.45) is 1.93. The van der Waals surface area contributed by atoms with Crippen molar-refractivity contribution >= 4 is 38.1 Å². The number of piperidine rings is 1. The molecule has 1 aliphatic heterocycles. The molecule has 2 aromatic heterocycles. The second kappa shape index (κ2) is 8.06. The molecule has 0 radical (unpaired) electrons. The van der Waals surface area contributed by atoms with E-state index in [0.717, 1.165) is 43.8 Å². The van der Waals surface area contributed by atoms with Crippen molar-refractivity contribution in [2.75, 3.05) is 13.1 Å². The normalized spacial score (nSPS) is 16.2. The topological polar surface area (TPSA) is 72.3 Å². The van der Waals surface area contributed by atoms with Gasteiger partial charge in [-0.15, -0.1) is 11.3 Å². The average Bonchev–Trinajstić information content (AvgIpc) is 3.37. The maximum Gasteiger partial charge on any atom is 0.219 e. The summed E-state index contributed by atoms with van der Waals surface area (Å²) in [5.41, 5.74) is 1.50. The van der Waals surface area contributed by atoms with Crippen molar-refractivity contribution < 1.29 is 13.2 Å². The summed E-state index contributed by atoms with van der Waals surface area (Å²) in [4.78, 5) is 18.7. The third kappa shape index (κ3) is 4.28. The van der Waals surface area contributed by atoms with Gasteiger partial charge in [0.05, 0.1) is 15.9 Å². The smallest absolute Gasteiger partial charge is 0.219 e. The molecular formula is C23H29N3O3S2. The second-order valence-electron chi connectivity index (χ2n) is 9.33. The quantitative estimate of drug-likeness (QED) is 0.576. The maximum absolute atomic E-state index is 13.0. The average molecular weight is 460 g/mol. The van der Waals surface area contributed by atoms with E-state index in [4.69, 9.17) is 4.98 Å². The zero-order valence-electron chi connectivity index (χ0n) is 18.5. The van der Waals surface area contributed by atoms with Crippen LogP contribution in [0.4, 0.5) is 0 Å². The Labute approximate surface area is 187 Å². The fourth-order valence-electron chi connectivity index (χ4n) is 4.26. The lowest BCUT2D eigenvalue weighted by Gasteiger charge is -2.32. The highest BCUT2D eigenvalue weighted by Gasteiger charge is 2.28. The van der Waals surface area contributed by atoms with E-state index in [-0.39, 0.29) is 16.2 Å². The molecule has 31 heavy (non-hydrogen) atoms. The lowest BCUT2D eigenvalue weighted by atomic mass is 9.93. The first-order valence-corrected chi connectivity index (χ1v) is 13.0. The number of nitrogens with zero attached hydrogens (tertiary/aromatic N) is 3. The van der Waals surface area contributed by atoms with Crippen LogP contribution < -0.4 is 0 Å². The predicted octanol–water partition coefficient (Wildman–Crippen LogP) is 4.49. The number of sulfone groups is 1. The number of likely N-dealkylation sites (tertiary alicyclic amines) is 1. The van der Waals surface area contributed by atoms with Gasteiger partial charge in [-0.2, -0.15) is 0 Å². The van der Waals surface area contributed by atoms with Crippen molar-refractivity contribution in [1.29, 1.82) is 0 Å². The monoisotopic (exact) mass is 459 g/mol. The number of carbonyl (C=O) groups is 1. The van der Waals surface area contributed by atoms with Gasteiger partial charge in [-0.3, -0.25) is 4.79 Å². The van der Waals surface area contributed by atoms with Crippen LogP contribution in [-0.2, 0) is 26.6 Å². The summed E-state index contributed by atoms with van der Waals surface area (Å²) < 4.78 is 28.5. The standard InChI is InChI=1S/C23H29N3O3S2/c1-16(27)25-11-9-17(10-12-25)15-26-20-8-7-18(31(28,29)21-6-5-13-30-21)14-19(20)24-22(26)23(2,3)4/h5-8,13-14,17H,9-12,15H2,1-4H3. The van der Waals surface area contributed by atoms with E-state index >= 15 is 0 Å². The first-order chi connectivity index (χ1) is 14.6. The third-order valence-corrected chi connectivity index (χ3v) is 9.11. The number of carbonyl (C=O) groups excluding carboxylic acids is 1. The fourth-order valence-corrected chi connectivity index (χ4v) is 6.67. The van der Waals surface area contributed by atoms with Crippen LogP contribution in [0.1, 0.15) is 46.4 Å². The molecule has 1 aliphatic rings. The first-order valence-electron chi connectivity index (χ1n) is 10.6. The molecule has 0 unspecified atom stereocenters. The Morgan fingerprint density at radius 3 is 2.48 bits per heavy atom. The summed E-state index contributed by atoms with van der Waals surface area (Å²) >= 11 is 1.23. The van der Waals surface area contributed by atoms with Gasteiger partial charge in [-0.25, -0.2) is 13.4 Å². The van der Waals surface area contributed by atoms with Crippen molar-refractivity contribution in [2.45, 2.75) is 61.6 Å². The molecule has 0 saturated carbocycles. The van der Waals surface area contributed by atoms with Crippen LogP contribution in [0.15, 0.2) is 44.8 Å². The minimum Gasteiger partial charge on any atom is -0.343 e. The number of fused-ring (bicyclic) bond motifs is 1. The molecule has 0 N–H and O–H groups in total. The molecule has 0 atom stereocenters. The third-order valence-electron chi connectivity index (χ3n) is 5.96. The van der Waals surface area contributed by atoms with Gasteiger partial charge in [0.15, 0.2) is 0 Å². The Morgan fingerprint density at radius 1 is 1.19 bits per heavy atom. The highest BCUT2D eigenvalue weighted by Crippen LogP contribution is 2.32. The lowest BCUT2D eigenvalue weighted by Crippen LogP contribution is -2.38. The number of rotatable bonds is 4. The largest absolute Gasteiger partial charge is 0.343 e. The van der Waals surface area contributed by atoms with Crippen molar-refractivity contribution in [3.05, 3.63) is 41.5 Å². The van der Waals surface area contributed by atoms with Crippen LogP contribution in [0, 0.1) is 5.92 Å². The molecule has 0 spiro atoms. The van der Waals surface area contributed by atoms with E-state index in [2.05, 4.69) is 25.3 Å². The minimum absolute atomic E-state index is 0.140. The number of aromatic nitrogens is 2. The lowest BCUT2D eigenvalue weighted by molar-refractivity contribution is -0.130. The van der Waals surface area contributed by atoms with Crippen molar-refractivity contribution in [3.8, 4) is 0 Å². The molecule has 4 rings (SSSR count). The van der Waals surface area contributed by atoms with E-state index in [1.54, 1.807) is 36.6 Å². The molecular weight excluding hydrogens is 430 g/mol. The van der Waals surface area contributed by atoms with Crippen LogP contribution in [0.5, 0.6) is 0 Å². The fraction of sp³-hybridized carbons (Fsp3) is 0.478. The van der Waals surface area contributed by atoms with Crippen molar-refractivity contribution in [2.24, 2.45) is 5.92 Å². The van der Waals surface area contributed by atoms with Gasteiger partial charge in [-0.05, 0) is 48.4 Å². The van der Waals surface area contributed by atoms with E-state index in [1.165, 1.54) is 11.3 Å². The molecule has 6 nitrogen and oxygen atoms in total. The summed E-state index contributed by atoms with van der Waals surface area (Å²) in [6.45, 7) is 10.4. The van der Waals surface area contributed by atoms with E-state index in [1.807, 2.05) is 11.0 Å². The van der Waals surface area contributed by atoms with Gasteiger partial charge < -0.3 is 9.47 Å². The molecule has 1 aromatic carbocycles. The van der Waals surface area contributed by atoms with Crippen LogP contribution in [0.2, 0.25) is 0 Å². The van der Waals surface area contributed by atoms with Gasteiger partial charge in [0.2, 0.25) is 15.7 Å². The molecule has 1 fully saturated rings. The SMILES string of the molecule is CC(=O)N1CCC(Cn2c(C(C)(C)C)nc3cc(S(=O)(=O)c4cccs4)ccc32)CC1. The van der Waals surface area contributed by atoms with Crippen LogP contribution in [0.3, 0.4) is 0 Å². The Bertz CT molecular complexity index is 1200. The van der Waals surface area contributed by atoms with E-state index in [0.29, 0.717) is 15.6 Å². The van der Waals surface area contributed by atoms with Gasteiger partial charge >= 0.3 is 0 Å². The summed E-state index contributed by atoms with van der Waals surface area (Å²) in [5.74, 6) is 1.56. The molecule has 0 bridgehead atoms. The van der Waals surface area contributed by atoms with Crippen LogP contribution >= 0.6 is 11.3 Å². The molecule has 3 heterocycles. The molecule has 166 valence electrons. The summed E-state index contributed by atoms with van der Waals surface area (Å²) in [7, 11) is -3.54. The molecule has 1 saturated heterocycles. The Kier molecular flexibility index (Phi) is 5.72. The Balaban J connectivity index is 1.70. The zero-order valence-corrected chi connectivity index (χ0v) is 20.1. The van der Waals surface area contributed by atoms with Crippen molar-refractivity contribution in [1.82, 2.24) is 14.5 Å². The van der Waals surface area contributed by atoms with Crippen LogP contribution in [0.25, 0.3) is 11.0 Å². The van der Waals surface area contributed by atoms with Crippen molar-refractivity contribution in [3.63, 3.8) is 0 Å². The number of thiophene rings is 1. The number of amides is 1. The minimum atomic E-state index is -3.54. The Morgan fingerprint density at radius 2 is 1.90 bits per heavy atom. The van der Waals surface area contributed by atoms with E-state index in [9.17, 15) is 13.2 Å². The zero-order chi connectivity index (χ0) is 22.4. The van der Waals surface area contributed by atoms with Crippen LogP contribution in [-0.4, -0.2) is 41.9 Å². The highest BCUT2D eigenvalue weighted by molar-refractivity contribution is 7.93. The second-order valence-corrected chi connectivity index (χ2v) is 12.5. The number of hydrogen-bond acceptors (Lipinski definition) is 5. The Hall–Kier alpha value is -2.19. The molecule has 8 heteroatoms. The predicted molar refractivity (Wildman–Crippen MR) is 123 cm³/mol. The van der Waals surface area contributed by atoms with Gasteiger partial charge in [0, 0.05) is 32.0 Å². The summed E-state index contributed by atoms with van der Waals surface area (Å²) in [5, 5.41) is 1.77. The maximum atomic E-state index is 13.0. The number of imidazole rings is 1.